The Morgan fingerprint density at radius 3 is 2.94 bits per heavy atom. The zero-order valence-corrected chi connectivity index (χ0v) is 9.70. The van der Waals surface area contributed by atoms with E-state index in [4.69, 9.17) is 5.73 Å². The van der Waals surface area contributed by atoms with Gasteiger partial charge in [-0.3, -0.25) is 0 Å². The number of H-pyrrole nitrogens is 1. The van der Waals surface area contributed by atoms with Crippen LogP contribution < -0.4 is 5.73 Å². The van der Waals surface area contributed by atoms with Crippen molar-refractivity contribution in [1.82, 2.24) is 9.97 Å². The molecule has 0 radical (unpaired) electrons. The van der Waals surface area contributed by atoms with Gasteiger partial charge in [0, 0.05) is 0 Å². The molecule has 1 aromatic carbocycles. The summed E-state index contributed by atoms with van der Waals surface area (Å²) in [6, 6.07) is 6.48. The molecule has 2 aromatic rings. The third kappa shape index (κ3) is 1.21. The van der Waals surface area contributed by atoms with Crippen LogP contribution in [-0.4, -0.2) is 16.5 Å². The Kier molecular flexibility index (Phi) is 1.89. The van der Waals surface area contributed by atoms with Gasteiger partial charge in [-0.15, -0.1) is 0 Å². The van der Waals surface area contributed by atoms with Gasteiger partial charge in [-0.05, 0) is 41.5 Å². The summed E-state index contributed by atoms with van der Waals surface area (Å²) in [6.07, 6.45) is 1.74. The summed E-state index contributed by atoms with van der Waals surface area (Å²) < 4.78 is 0. The van der Waals surface area contributed by atoms with E-state index in [1.54, 1.807) is 6.33 Å². The molecule has 0 aliphatic heterocycles. The van der Waals surface area contributed by atoms with E-state index >= 15 is 0 Å². The zero-order valence-electron chi connectivity index (χ0n) is 9.70. The quantitative estimate of drug-likeness (QED) is 0.807. The van der Waals surface area contributed by atoms with Gasteiger partial charge in [0.15, 0.2) is 0 Å². The summed E-state index contributed by atoms with van der Waals surface area (Å²) in [5, 5.41) is 0. The number of nitrogens with two attached hydrogens (primary N) is 1. The fourth-order valence-electron chi connectivity index (χ4n) is 2.99. The van der Waals surface area contributed by atoms with Crippen LogP contribution in [0.1, 0.15) is 25.3 Å². The topological polar surface area (TPSA) is 54.7 Å². The minimum atomic E-state index is 0.350. The number of rotatable bonds is 2. The van der Waals surface area contributed by atoms with Crippen molar-refractivity contribution in [3.05, 3.63) is 30.1 Å². The number of nitrogens with zero attached hydrogens (tertiary/aromatic N) is 1. The van der Waals surface area contributed by atoms with Crippen LogP contribution in [0.5, 0.6) is 0 Å². The lowest BCUT2D eigenvalue weighted by Gasteiger charge is -2.02. The van der Waals surface area contributed by atoms with E-state index in [2.05, 4.69) is 42.0 Å². The largest absolute Gasteiger partial charge is 0.345 e. The predicted octanol–water partition coefficient (Wildman–Crippen LogP) is 2.26. The number of fused-ring (bicyclic) bond motifs is 1. The van der Waals surface area contributed by atoms with Crippen LogP contribution in [0, 0.1) is 11.3 Å². The standard InChI is InChI=1S/C13H17N3/c1-13(2)9(6-14)12(13)8-3-4-10-11(5-8)16-7-15-10/h3-5,7,9,12H,6,14H2,1-2H3,(H,15,16)/t9-,12-/m1/s1. The van der Waals surface area contributed by atoms with Crippen LogP contribution in [0.3, 0.4) is 0 Å². The molecule has 3 N–H and O–H groups in total. The Morgan fingerprint density at radius 2 is 2.25 bits per heavy atom. The molecule has 3 heteroatoms. The molecule has 0 spiro atoms. The van der Waals surface area contributed by atoms with Crippen molar-refractivity contribution >= 4 is 11.0 Å². The van der Waals surface area contributed by atoms with Crippen molar-refractivity contribution in [2.45, 2.75) is 19.8 Å². The number of nitrogens with one attached hydrogen (secondary N) is 1. The molecule has 0 amide bonds. The van der Waals surface area contributed by atoms with Gasteiger partial charge < -0.3 is 10.7 Å². The molecule has 84 valence electrons. The van der Waals surface area contributed by atoms with Crippen molar-refractivity contribution in [2.75, 3.05) is 6.54 Å². The molecule has 1 fully saturated rings. The maximum absolute atomic E-state index is 5.81. The number of aromatic amines is 1. The second-order valence-corrected chi connectivity index (χ2v) is 5.32. The number of benzene rings is 1. The molecule has 3 rings (SSSR count). The number of imidazole rings is 1. The predicted molar refractivity (Wildman–Crippen MR) is 65.2 cm³/mol. The van der Waals surface area contributed by atoms with Gasteiger partial charge in [-0.2, -0.15) is 0 Å². The lowest BCUT2D eigenvalue weighted by molar-refractivity contribution is 0.558. The molecule has 1 aliphatic carbocycles. The number of hydrogen-bond acceptors (Lipinski definition) is 2. The van der Waals surface area contributed by atoms with Crippen molar-refractivity contribution in [2.24, 2.45) is 17.1 Å². The fraction of sp³-hybridized carbons (Fsp3) is 0.462. The molecule has 3 nitrogen and oxygen atoms in total. The van der Waals surface area contributed by atoms with E-state index in [1.165, 1.54) is 5.56 Å². The molecule has 1 heterocycles. The minimum absolute atomic E-state index is 0.350. The van der Waals surface area contributed by atoms with Gasteiger partial charge in [-0.1, -0.05) is 19.9 Å². The summed E-state index contributed by atoms with van der Waals surface area (Å²) >= 11 is 0. The lowest BCUT2D eigenvalue weighted by atomic mass is 10.0. The summed E-state index contributed by atoms with van der Waals surface area (Å²) in [5.41, 5.74) is 9.70. The molecule has 0 bridgehead atoms. The molecule has 16 heavy (non-hydrogen) atoms. The Morgan fingerprint density at radius 1 is 1.44 bits per heavy atom. The average Bonchev–Trinajstić information content (AvgIpc) is 2.62. The van der Waals surface area contributed by atoms with E-state index in [-0.39, 0.29) is 0 Å². The highest BCUT2D eigenvalue weighted by Crippen LogP contribution is 2.63. The van der Waals surface area contributed by atoms with Crippen LogP contribution in [0.25, 0.3) is 11.0 Å². The first-order chi connectivity index (χ1) is 7.64. The van der Waals surface area contributed by atoms with Crippen LogP contribution in [-0.2, 0) is 0 Å². The second kappa shape index (κ2) is 3.08. The monoisotopic (exact) mass is 215 g/mol. The maximum Gasteiger partial charge on any atom is 0.0931 e. The number of aromatic nitrogens is 2. The Labute approximate surface area is 95.1 Å². The summed E-state index contributed by atoms with van der Waals surface area (Å²) in [6.45, 7) is 5.37. The van der Waals surface area contributed by atoms with Crippen molar-refractivity contribution < 1.29 is 0 Å². The van der Waals surface area contributed by atoms with E-state index in [0.717, 1.165) is 17.6 Å². The van der Waals surface area contributed by atoms with E-state index in [9.17, 15) is 0 Å². The molecule has 0 unspecified atom stereocenters. The van der Waals surface area contributed by atoms with Gasteiger partial charge >= 0.3 is 0 Å². The van der Waals surface area contributed by atoms with Crippen molar-refractivity contribution in [1.29, 1.82) is 0 Å². The molecule has 1 saturated carbocycles. The van der Waals surface area contributed by atoms with Crippen LogP contribution >= 0.6 is 0 Å². The summed E-state index contributed by atoms with van der Waals surface area (Å²) in [7, 11) is 0. The minimum Gasteiger partial charge on any atom is -0.345 e. The van der Waals surface area contributed by atoms with Crippen molar-refractivity contribution in [3.63, 3.8) is 0 Å². The van der Waals surface area contributed by atoms with Gasteiger partial charge in [0.2, 0.25) is 0 Å². The van der Waals surface area contributed by atoms with Crippen LogP contribution in [0.4, 0.5) is 0 Å². The highest BCUT2D eigenvalue weighted by atomic mass is 14.9. The van der Waals surface area contributed by atoms with E-state index in [0.29, 0.717) is 17.3 Å². The average molecular weight is 215 g/mol. The SMILES string of the molecule is CC1(C)[C@H](CN)[C@H]1c1ccc2nc[nH]c2c1. The van der Waals surface area contributed by atoms with Gasteiger partial charge in [0.1, 0.15) is 0 Å². The van der Waals surface area contributed by atoms with Gasteiger partial charge in [0.25, 0.3) is 0 Å². The molecule has 0 saturated heterocycles. The lowest BCUT2D eigenvalue weighted by Crippen LogP contribution is -2.05. The smallest absolute Gasteiger partial charge is 0.0931 e. The Bertz CT molecular complexity index is 527. The van der Waals surface area contributed by atoms with Gasteiger partial charge in [0.05, 0.1) is 17.4 Å². The third-order valence-electron chi connectivity index (χ3n) is 4.11. The molecule has 1 aromatic heterocycles. The van der Waals surface area contributed by atoms with E-state index < -0.39 is 0 Å². The second-order valence-electron chi connectivity index (χ2n) is 5.32. The number of hydrogen-bond donors (Lipinski definition) is 2. The fourth-order valence-corrected chi connectivity index (χ4v) is 2.99. The first-order valence-electron chi connectivity index (χ1n) is 5.77. The molecular formula is C13H17N3. The first-order valence-corrected chi connectivity index (χ1v) is 5.77. The first kappa shape index (κ1) is 9.85. The zero-order chi connectivity index (χ0) is 11.3. The Hall–Kier alpha value is -1.35. The maximum atomic E-state index is 5.81. The Balaban J connectivity index is 2.01. The molecule has 2 atom stereocenters. The highest BCUT2D eigenvalue weighted by Gasteiger charge is 2.57. The normalized spacial score (nSPS) is 27.2. The van der Waals surface area contributed by atoms with Crippen LogP contribution in [0.2, 0.25) is 0 Å². The highest BCUT2D eigenvalue weighted by molar-refractivity contribution is 5.75. The summed E-state index contributed by atoms with van der Waals surface area (Å²) in [5.74, 6) is 1.22. The van der Waals surface area contributed by atoms with E-state index in [1.807, 2.05) is 0 Å². The van der Waals surface area contributed by atoms with Crippen molar-refractivity contribution in [3.8, 4) is 0 Å². The third-order valence-corrected chi connectivity index (χ3v) is 4.11. The molecular weight excluding hydrogens is 198 g/mol. The van der Waals surface area contributed by atoms with Gasteiger partial charge in [-0.25, -0.2) is 4.98 Å². The molecule has 1 aliphatic rings. The summed E-state index contributed by atoms with van der Waals surface area (Å²) in [4.78, 5) is 7.40. The van der Waals surface area contributed by atoms with Crippen LogP contribution in [0.15, 0.2) is 24.5 Å².